The number of ketones is 1. The normalized spacial score (nSPS) is 20.5. The quantitative estimate of drug-likeness (QED) is 0.752. The minimum atomic E-state index is -0.258. The Balaban J connectivity index is 2.21. The lowest BCUT2D eigenvalue weighted by Crippen LogP contribution is -2.30. The van der Waals surface area contributed by atoms with Gasteiger partial charge in [0.05, 0.1) is 6.04 Å². The van der Waals surface area contributed by atoms with E-state index >= 15 is 0 Å². The van der Waals surface area contributed by atoms with Gasteiger partial charge >= 0.3 is 0 Å². The highest BCUT2D eigenvalue weighted by Crippen LogP contribution is 2.15. The van der Waals surface area contributed by atoms with E-state index in [1.807, 2.05) is 0 Å². The maximum Gasteiger partial charge on any atom is 0.179 e. The molecule has 1 atom stereocenters. The Hall–Kier alpha value is -1.22. The number of carbonyl (C=O) groups is 1. The number of halogens is 1. The second-order valence-electron chi connectivity index (χ2n) is 3.98. The fourth-order valence-corrected chi connectivity index (χ4v) is 1.91. The van der Waals surface area contributed by atoms with Crippen molar-refractivity contribution in [1.82, 2.24) is 5.32 Å². The van der Waals surface area contributed by atoms with Crippen molar-refractivity contribution in [2.24, 2.45) is 0 Å². The molecule has 1 heterocycles. The Morgan fingerprint density at radius 1 is 1.53 bits per heavy atom. The molecule has 3 heteroatoms. The molecule has 0 amide bonds. The third kappa shape index (κ3) is 2.07. The van der Waals surface area contributed by atoms with Crippen molar-refractivity contribution in [3.63, 3.8) is 0 Å². The molecule has 0 radical (unpaired) electrons. The molecule has 1 N–H and O–H groups in total. The van der Waals surface area contributed by atoms with Gasteiger partial charge in [0.25, 0.3) is 0 Å². The van der Waals surface area contributed by atoms with Crippen molar-refractivity contribution in [2.45, 2.75) is 25.8 Å². The zero-order chi connectivity index (χ0) is 10.8. The van der Waals surface area contributed by atoms with Crippen LogP contribution in [-0.4, -0.2) is 18.4 Å². The Bertz CT molecular complexity index is 383. The van der Waals surface area contributed by atoms with Crippen LogP contribution in [-0.2, 0) is 0 Å². The van der Waals surface area contributed by atoms with Crippen LogP contribution in [0.1, 0.15) is 28.8 Å². The van der Waals surface area contributed by atoms with Gasteiger partial charge in [0.15, 0.2) is 5.78 Å². The van der Waals surface area contributed by atoms with Crippen molar-refractivity contribution >= 4 is 5.78 Å². The summed E-state index contributed by atoms with van der Waals surface area (Å²) in [7, 11) is 0. The van der Waals surface area contributed by atoms with E-state index in [1.54, 1.807) is 19.1 Å². The molecule has 2 nitrogen and oxygen atoms in total. The highest BCUT2D eigenvalue weighted by atomic mass is 19.1. The van der Waals surface area contributed by atoms with E-state index in [9.17, 15) is 9.18 Å². The van der Waals surface area contributed by atoms with Crippen LogP contribution < -0.4 is 5.32 Å². The van der Waals surface area contributed by atoms with Crippen LogP contribution >= 0.6 is 0 Å². The molecule has 1 saturated heterocycles. The summed E-state index contributed by atoms with van der Waals surface area (Å²) >= 11 is 0. The molecule has 1 aliphatic heterocycles. The van der Waals surface area contributed by atoms with Gasteiger partial charge in [-0.05, 0) is 50.1 Å². The van der Waals surface area contributed by atoms with Crippen LogP contribution in [0, 0.1) is 12.7 Å². The molecule has 1 unspecified atom stereocenters. The Morgan fingerprint density at radius 2 is 2.33 bits per heavy atom. The molecule has 0 spiro atoms. The van der Waals surface area contributed by atoms with Crippen LogP contribution in [0.15, 0.2) is 18.2 Å². The van der Waals surface area contributed by atoms with E-state index in [-0.39, 0.29) is 17.6 Å². The molecule has 0 aliphatic carbocycles. The smallest absolute Gasteiger partial charge is 0.179 e. The van der Waals surface area contributed by atoms with Gasteiger partial charge in [0, 0.05) is 5.56 Å². The Labute approximate surface area is 88.5 Å². The van der Waals surface area contributed by atoms with E-state index in [4.69, 9.17) is 0 Å². The van der Waals surface area contributed by atoms with Crippen molar-refractivity contribution in [3.05, 3.63) is 35.1 Å². The predicted molar refractivity (Wildman–Crippen MR) is 56.5 cm³/mol. The van der Waals surface area contributed by atoms with Crippen molar-refractivity contribution in [3.8, 4) is 0 Å². The van der Waals surface area contributed by atoms with Crippen molar-refractivity contribution < 1.29 is 9.18 Å². The average molecular weight is 207 g/mol. The molecular weight excluding hydrogens is 193 g/mol. The number of carbonyl (C=O) groups excluding carboxylic acids is 1. The molecule has 0 bridgehead atoms. The maximum atomic E-state index is 13.0. The summed E-state index contributed by atoms with van der Waals surface area (Å²) in [6, 6.07) is 4.47. The molecular formula is C12H14FNO. The fourth-order valence-electron chi connectivity index (χ4n) is 1.91. The highest BCUT2D eigenvalue weighted by Gasteiger charge is 2.23. The van der Waals surface area contributed by atoms with Gasteiger partial charge in [-0.2, -0.15) is 0 Å². The van der Waals surface area contributed by atoms with Gasteiger partial charge in [-0.3, -0.25) is 4.79 Å². The third-order valence-electron chi connectivity index (χ3n) is 2.82. The predicted octanol–water partition coefficient (Wildman–Crippen LogP) is 2.07. The van der Waals surface area contributed by atoms with E-state index < -0.39 is 0 Å². The zero-order valence-corrected chi connectivity index (χ0v) is 8.72. The van der Waals surface area contributed by atoms with Crippen molar-refractivity contribution in [2.75, 3.05) is 6.54 Å². The van der Waals surface area contributed by atoms with E-state index in [2.05, 4.69) is 5.32 Å². The minimum absolute atomic E-state index is 0.0742. The van der Waals surface area contributed by atoms with Gasteiger partial charge < -0.3 is 5.32 Å². The van der Waals surface area contributed by atoms with Crippen LogP contribution in [0.5, 0.6) is 0 Å². The number of Topliss-reactive ketones (excluding diaryl/α,β-unsaturated/α-hetero) is 1. The van der Waals surface area contributed by atoms with Gasteiger partial charge in [0.1, 0.15) is 5.82 Å². The topological polar surface area (TPSA) is 29.1 Å². The summed E-state index contributed by atoms with van der Waals surface area (Å²) < 4.78 is 13.0. The minimum Gasteiger partial charge on any atom is -0.307 e. The number of aryl methyl sites for hydroxylation is 1. The number of hydrogen-bond donors (Lipinski definition) is 1. The molecule has 80 valence electrons. The first-order valence-corrected chi connectivity index (χ1v) is 5.22. The van der Waals surface area contributed by atoms with Crippen LogP contribution in [0.2, 0.25) is 0 Å². The number of rotatable bonds is 2. The first-order valence-electron chi connectivity index (χ1n) is 5.22. The fraction of sp³-hybridized carbons (Fsp3) is 0.417. The summed E-state index contributed by atoms with van der Waals surface area (Å²) in [5, 5.41) is 3.15. The van der Waals surface area contributed by atoms with Gasteiger partial charge in [-0.25, -0.2) is 4.39 Å². The lowest BCUT2D eigenvalue weighted by atomic mass is 10.0. The van der Waals surface area contributed by atoms with Gasteiger partial charge in [0.2, 0.25) is 0 Å². The summed E-state index contributed by atoms with van der Waals surface area (Å²) in [4.78, 5) is 11.9. The largest absolute Gasteiger partial charge is 0.307 e. The summed E-state index contributed by atoms with van der Waals surface area (Å²) in [5.74, 6) is -0.179. The molecule has 0 saturated carbocycles. The molecule has 1 aromatic rings. The first kappa shape index (κ1) is 10.3. The molecule has 2 rings (SSSR count). The monoisotopic (exact) mass is 207 g/mol. The summed E-state index contributed by atoms with van der Waals surface area (Å²) in [5.41, 5.74) is 1.13. The summed E-state index contributed by atoms with van der Waals surface area (Å²) in [6.45, 7) is 2.57. The van der Waals surface area contributed by atoms with Gasteiger partial charge in [-0.15, -0.1) is 0 Å². The van der Waals surface area contributed by atoms with Crippen LogP contribution in [0.4, 0.5) is 4.39 Å². The number of hydrogen-bond acceptors (Lipinski definition) is 2. The lowest BCUT2D eigenvalue weighted by molar-refractivity contribution is 0.0952. The molecule has 1 aliphatic rings. The third-order valence-corrected chi connectivity index (χ3v) is 2.82. The zero-order valence-electron chi connectivity index (χ0n) is 8.72. The molecule has 1 fully saturated rings. The Morgan fingerprint density at radius 3 is 2.93 bits per heavy atom. The van der Waals surface area contributed by atoms with E-state index in [0.29, 0.717) is 11.1 Å². The van der Waals surface area contributed by atoms with E-state index in [1.165, 1.54) is 6.07 Å². The molecule has 0 aromatic heterocycles. The maximum absolute atomic E-state index is 13.0. The average Bonchev–Trinajstić information content (AvgIpc) is 2.74. The second-order valence-corrected chi connectivity index (χ2v) is 3.98. The van der Waals surface area contributed by atoms with Crippen molar-refractivity contribution in [1.29, 1.82) is 0 Å². The molecule has 15 heavy (non-hydrogen) atoms. The van der Waals surface area contributed by atoms with Crippen LogP contribution in [0.3, 0.4) is 0 Å². The first-order chi connectivity index (χ1) is 7.18. The Kier molecular flexibility index (Phi) is 2.82. The lowest BCUT2D eigenvalue weighted by Gasteiger charge is -2.09. The van der Waals surface area contributed by atoms with Crippen LogP contribution in [0.25, 0.3) is 0 Å². The summed E-state index contributed by atoms with van der Waals surface area (Å²) in [6.07, 6.45) is 1.92. The molecule has 1 aromatic carbocycles. The SMILES string of the molecule is Cc1cc(C(=O)C2CCCN2)ccc1F. The number of benzene rings is 1. The van der Waals surface area contributed by atoms with E-state index in [0.717, 1.165) is 19.4 Å². The second kappa shape index (κ2) is 4.11. The number of nitrogens with one attached hydrogen (secondary N) is 1. The van der Waals surface area contributed by atoms with Gasteiger partial charge in [-0.1, -0.05) is 0 Å². The standard InChI is InChI=1S/C12H14FNO/c1-8-7-9(4-5-10(8)13)12(15)11-3-2-6-14-11/h4-5,7,11,14H,2-3,6H2,1H3. The highest BCUT2D eigenvalue weighted by molar-refractivity contribution is 6.00.